The van der Waals surface area contributed by atoms with Crippen molar-refractivity contribution in [3.8, 4) is 12.3 Å². The number of terminal acetylenes is 1. The Bertz CT molecular complexity index is 184. The predicted octanol–water partition coefficient (Wildman–Crippen LogP) is 0.878. The van der Waals surface area contributed by atoms with E-state index in [1.807, 2.05) is 4.90 Å². The molecule has 0 spiro atoms. The van der Waals surface area contributed by atoms with Gasteiger partial charge in [0.25, 0.3) is 0 Å². The van der Waals surface area contributed by atoms with Crippen molar-refractivity contribution in [2.24, 2.45) is 5.92 Å². The Morgan fingerprint density at radius 1 is 1.55 bits per heavy atom. The number of carbonyl (C=O) groups is 1. The van der Waals surface area contributed by atoms with Crippen LogP contribution in [0.15, 0.2) is 0 Å². The number of hydrogen-bond acceptors (Lipinski definition) is 1. The average molecular weight is 151 g/mol. The summed E-state index contributed by atoms with van der Waals surface area (Å²) in [4.78, 5) is 12.7. The third-order valence-electron chi connectivity index (χ3n) is 2.18. The average Bonchev–Trinajstić information content (AvgIpc) is 2.05. The lowest BCUT2D eigenvalue weighted by Crippen LogP contribution is -2.36. The van der Waals surface area contributed by atoms with Crippen LogP contribution in [0.5, 0.6) is 0 Å². The fraction of sp³-hybridized carbons (Fsp3) is 0.667. The Balaban J connectivity index is 2.37. The molecule has 1 aliphatic heterocycles. The van der Waals surface area contributed by atoms with E-state index in [1.54, 1.807) is 6.92 Å². The molecule has 0 radical (unpaired) electrons. The zero-order valence-electron chi connectivity index (χ0n) is 6.84. The van der Waals surface area contributed by atoms with E-state index in [4.69, 9.17) is 6.42 Å². The maximum absolute atomic E-state index is 10.9. The molecule has 0 saturated carbocycles. The molecule has 0 atom stereocenters. The van der Waals surface area contributed by atoms with Gasteiger partial charge >= 0.3 is 0 Å². The number of rotatable bonds is 0. The Kier molecular flexibility index (Phi) is 2.53. The highest BCUT2D eigenvalue weighted by molar-refractivity contribution is 5.73. The molecule has 0 aliphatic carbocycles. The van der Waals surface area contributed by atoms with Gasteiger partial charge in [0.1, 0.15) is 0 Å². The minimum Gasteiger partial charge on any atom is -0.343 e. The molecule has 0 aromatic rings. The second-order valence-corrected chi connectivity index (χ2v) is 2.95. The van der Waals surface area contributed by atoms with E-state index < -0.39 is 0 Å². The van der Waals surface area contributed by atoms with Crippen molar-refractivity contribution in [1.82, 2.24) is 4.90 Å². The molecule has 0 aromatic carbocycles. The van der Waals surface area contributed by atoms with Crippen LogP contribution in [0.2, 0.25) is 0 Å². The third-order valence-corrected chi connectivity index (χ3v) is 2.18. The number of likely N-dealkylation sites (tertiary alicyclic amines) is 1. The molecule has 2 nitrogen and oxygen atoms in total. The van der Waals surface area contributed by atoms with Gasteiger partial charge in [-0.3, -0.25) is 4.79 Å². The highest BCUT2D eigenvalue weighted by Gasteiger charge is 2.18. The van der Waals surface area contributed by atoms with Gasteiger partial charge in [-0.05, 0) is 12.8 Å². The lowest BCUT2D eigenvalue weighted by atomic mass is 9.98. The monoisotopic (exact) mass is 151 g/mol. The first-order valence-corrected chi connectivity index (χ1v) is 3.95. The highest BCUT2D eigenvalue weighted by atomic mass is 16.2. The lowest BCUT2D eigenvalue weighted by Gasteiger charge is -2.28. The summed E-state index contributed by atoms with van der Waals surface area (Å²) < 4.78 is 0. The molecule has 60 valence electrons. The summed E-state index contributed by atoms with van der Waals surface area (Å²) in [5.74, 6) is 3.29. The molecule has 0 unspecified atom stereocenters. The molecule has 0 bridgehead atoms. The standard InChI is InChI=1S/C9H13NO/c1-3-9-4-6-10(7-5-9)8(2)11/h1,9H,4-7H2,2H3. The van der Waals surface area contributed by atoms with Gasteiger partial charge in [0.2, 0.25) is 5.91 Å². The summed E-state index contributed by atoms with van der Waals surface area (Å²) in [5, 5.41) is 0. The first-order valence-electron chi connectivity index (χ1n) is 3.95. The van der Waals surface area contributed by atoms with Gasteiger partial charge in [-0.15, -0.1) is 12.3 Å². The van der Waals surface area contributed by atoms with Crippen LogP contribution in [0.1, 0.15) is 19.8 Å². The number of nitrogens with zero attached hydrogens (tertiary/aromatic N) is 1. The first kappa shape index (κ1) is 8.13. The maximum Gasteiger partial charge on any atom is 0.219 e. The van der Waals surface area contributed by atoms with E-state index in [2.05, 4.69) is 5.92 Å². The predicted molar refractivity (Wildman–Crippen MR) is 43.8 cm³/mol. The summed E-state index contributed by atoms with van der Waals surface area (Å²) in [6.45, 7) is 3.28. The number of amides is 1. The molecule has 1 saturated heterocycles. The van der Waals surface area contributed by atoms with Crippen LogP contribution in [0.25, 0.3) is 0 Å². The van der Waals surface area contributed by atoms with Crippen molar-refractivity contribution >= 4 is 5.91 Å². The zero-order chi connectivity index (χ0) is 8.27. The smallest absolute Gasteiger partial charge is 0.219 e. The van der Waals surface area contributed by atoms with Crippen molar-refractivity contribution in [3.63, 3.8) is 0 Å². The Labute approximate surface area is 67.6 Å². The number of carbonyl (C=O) groups excluding carboxylic acids is 1. The zero-order valence-corrected chi connectivity index (χ0v) is 6.84. The molecule has 1 heterocycles. The van der Waals surface area contributed by atoms with Crippen molar-refractivity contribution in [2.75, 3.05) is 13.1 Å². The van der Waals surface area contributed by atoms with Crippen molar-refractivity contribution < 1.29 is 4.79 Å². The molecule has 1 rings (SSSR count). The second kappa shape index (κ2) is 3.43. The second-order valence-electron chi connectivity index (χ2n) is 2.95. The van der Waals surface area contributed by atoms with Gasteiger partial charge in [0.05, 0.1) is 0 Å². The summed E-state index contributed by atoms with van der Waals surface area (Å²) in [6.07, 6.45) is 7.21. The maximum atomic E-state index is 10.9. The van der Waals surface area contributed by atoms with Crippen molar-refractivity contribution in [3.05, 3.63) is 0 Å². The Morgan fingerprint density at radius 2 is 2.09 bits per heavy atom. The molecule has 1 aliphatic rings. The largest absolute Gasteiger partial charge is 0.343 e. The normalized spacial score (nSPS) is 19.5. The molecular weight excluding hydrogens is 138 g/mol. The van der Waals surface area contributed by atoms with Crippen LogP contribution in [-0.4, -0.2) is 23.9 Å². The van der Waals surface area contributed by atoms with Gasteiger partial charge in [-0.2, -0.15) is 0 Å². The van der Waals surface area contributed by atoms with Gasteiger partial charge in [0, 0.05) is 25.9 Å². The van der Waals surface area contributed by atoms with Crippen LogP contribution in [-0.2, 0) is 4.79 Å². The Morgan fingerprint density at radius 3 is 2.45 bits per heavy atom. The fourth-order valence-electron chi connectivity index (χ4n) is 1.36. The van der Waals surface area contributed by atoms with Gasteiger partial charge < -0.3 is 4.90 Å². The Hall–Kier alpha value is -0.970. The van der Waals surface area contributed by atoms with Crippen molar-refractivity contribution in [2.45, 2.75) is 19.8 Å². The number of hydrogen-bond donors (Lipinski definition) is 0. The van der Waals surface area contributed by atoms with Crippen LogP contribution < -0.4 is 0 Å². The van der Waals surface area contributed by atoms with Gasteiger partial charge in [-0.1, -0.05) is 0 Å². The van der Waals surface area contributed by atoms with Crippen molar-refractivity contribution in [1.29, 1.82) is 0 Å². The minimum atomic E-state index is 0.167. The van der Waals surface area contributed by atoms with E-state index in [1.165, 1.54) is 0 Å². The minimum absolute atomic E-state index is 0.167. The van der Waals surface area contributed by atoms with Crippen LogP contribution in [0.4, 0.5) is 0 Å². The molecule has 11 heavy (non-hydrogen) atoms. The van der Waals surface area contributed by atoms with Crippen LogP contribution in [0, 0.1) is 18.3 Å². The molecular formula is C9H13NO. The first-order chi connectivity index (χ1) is 5.24. The van der Waals surface area contributed by atoms with E-state index >= 15 is 0 Å². The van der Waals surface area contributed by atoms with Gasteiger partial charge in [0.15, 0.2) is 0 Å². The summed E-state index contributed by atoms with van der Waals surface area (Å²) in [5.41, 5.74) is 0. The molecule has 0 aromatic heterocycles. The number of piperidine rings is 1. The third kappa shape index (κ3) is 1.98. The van der Waals surface area contributed by atoms with E-state index in [0.717, 1.165) is 25.9 Å². The van der Waals surface area contributed by atoms with Crippen LogP contribution >= 0.6 is 0 Å². The lowest BCUT2D eigenvalue weighted by molar-refractivity contribution is -0.129. The fourth-order valence-corrected chi connectivity index (χ4v) is 1.36. The highest BCUT2D eigenvalue weighted by Crippen LogP contribution is 2.15. The SMILES string of the molecule is C#CC1CCN(C(C)=O)CC1. The topological polar surface area (TPSA) is 20.3 Å². The molecule has 2 heteroatoms. The van der Waals surface area contributed by atoms with E-state index in [-0.39, 0.29) is 5.91 Å². The molecule has 1 amide bonds. The summed E-state index contributed by atoms with van der Waals surface area (Å²) >= 11 is 0. The molecule has 1 fully saturated rings. The van der Waals surface area contributed by atoms with E-state index in [9.17, 15) is 4.79 Å². The summed E-state index contributed by atoms with van der Waals surface area (Å²) in [6, 6.07) is 0. The van der Waals surface area contributed by atoms with Crippen LogP contribution in [0.3, 0.4) is 0 Å². The van der Waals surface area contributed by atoms with Gasteiger partial charge in [-0.25, -0.2) is 0 Å². The quantitative estimate of drug-likeness (QED) is 0.471. The summed E-state index contributed by atoms with van der Waals surface area (Å²) in [7, 11) is 0. The molecule has 0 N–H and O–H groups in total. The van der Waals surface area contributed by atoms with E-state index in [0.29, 0.717) is 5.92 Å².